The molecule has 5 nitrogen and oxygen atoms in total. The normalized spacial score (nSPS) is 13.4. The average Bonchev–Trinajstić information content (AvgIpc) is 2.37. The van der Waals surface area contributed by atoms with E-state index in [9.17, 15) is 22.0 Å². The fourth-order valence-electron chi connectivity index (χ4n) is 1.81. The summed E-state index contributed by atoms with van der Waals surface area (Å²) in [5, 5.41) is 11.7. The molecule has 2 N–H and O–H groups in total. The van der Waals surface area contributed by atoms with Gasteiger partial charge in [0.2, 0.25) is 9.84 Å². The van der Waals surface area contributed by atoms with E-state index in [2.05, 4.69) is 5.32 Å². The Labute approximate surface area is 121 Å². The zero-order chi connectivity index (χ0) is 16.2. The Bertz CT molecular complexity index is 602. The molecular weight excluding hydrogens is 304 g/mol. The maximum Gasteiger partial charge on any atom is 0.341 e. The van der Waals surface area contributed by atoms with E-state index in [0.29, 0.717) is 0 Å². The summed E-state index contributed by atoms with van der Waals surface area (Å²) < 4.78 is 48.5. The first-order valence-electron chi connectivity index (χ1n) is 6.26. The number of hydrogen-bond acceptors (Lipinski definition) is 4. The van der Waals surface area contributed by atoms with E-state index in [1.54, 1.807) is 13.8 Å². The van der Waals surface area contributed by atoms with E-state index in [1.807, 2.05) is 0 Å². The van der Waals surface area contributed by atoms with Crippen molar-refractivity contribution in [3.05, 3.63) is 24.3 Å². The molecule has 0 saturated heterocycles. The monoisotopic (exact) mass is 321 g/mol. The molecule has 0 heterocycles. The second kappa shape index (κ2) is 6.84. The quantitative estimate of drug-likeness (QED) is 0.806. The van der Waals surface area contributed by atoms with Crippen molar-refractivity contribution in [3.63, 3.8) is 0 Å². The standard InChI is InChI=1S/C13H17F2NO4S/c1-8(2)7-10(12(17)18)16-9-5-3-4-6-11(9)21(19,20)13(14)15/h3-6,8,10,13,16H,7H2,1-2H3,(H,17,18). The largest absolute Gasteiger partial charge is 0.480 e. The van der Waals surface area contributed by atoms with Gasteiger partial charge in [-0.2, -0.15) is 8.78 Å². The van der Waals surface area contributed by atoms with Gasteiger partial charge in [0.15, 0.2) is 0 Å². The van der Waals surface area contributed by atoms with Crippen LogP contribution in [0.25, 0.3) is 0 Å². The van der Waals surface area contributed by atoms with Crippen LogP contribution in [0, 0.1) is 5.92 Å². The number of alkyl halides is 2. The molecule has 1 aromatic carbocycles. The van der Waals surface area contributed by atoms with Crippen molar-refractivity contribution in [2.24, 2.45) is 5.92 Å². The van der Waals surface area contributed by atoms with Crippen molar-refractivity contribution in [1.29, 1.82) is 0 Å². The average molecular weight is 321 g/mol. The van der Waals surface area contributed by atoms with Crippen molar-refractivity contribution in [2.75, 3.05) is 5.32 Å². The molecule has 0 spiro atoms. The minimum absolute atomic E-state index is 0.0393. The molecule has 118 valence electrons. The lowest BCUT2D eigenvalue weighted by atomic mass is 10.0. The molecule has 1 atom stereocenters. The molecule has 1 rings (SSSR count). The van der Waals surface area contributed by atoms with E-state index >= 15 is 0 Å². The number of hydrogen-bond donors (Lipinski definition) is 2. The second-order valence-electron chi connectivity index (χ2n) is 4.97. The van der Waals surface area contributed by atoms with Crippen LogP contribution in [0.5, 0.6) is 0 Å². The fraction of sp³-hybridized carbons (Fsp3) is 0.462. The number of benzene rings is 1. The molecule has 0 bridgehead atoms. The van der Waals surface area contributed by atoms with E-state index < -0.39 is 32.5 Å². The maximum atomic E-state index is 12.7. The van der Waals surface area contributed by atoms with E-state index in [1.165, 1.54) is 18.2 Å². The smallest absolute Gasteiger partial charge is 0.341 e. The van der Waals surface area contributed by atoms with E-state index in [-0.39, 0.29) is 18.0 Å². The first-order valence-corrected chi connectivity index (χ1v) is 7.81. The predicted molar refractivity (Wildman–Crippen MR) is 74.1 cm³/mol. The van der Waals surface area contributed by atoms with E-state index in [4.69, 9.17) is 5.11 Å². The number of nitrogens with one attached hydrogen (secondary N) is 1. The Hall–Kier alpha value is -1.70. The Balaban J connectivity index is 3.17. The van der Waals surface area contributed by atoms with Gasteiger partial charge in [0.05, 0.1) is 10.6 Å². The molecule has 0 radical (unpaired) electrons. The van der Waals surface area contributed by atoms with Crippen molar-refractivity contribution in [3.8, 4) is 0 Å². The molecule has 0 aliphatic rings. The summed E-state index contributed by atoms with van der Waals surface area (Å²) in [7, 11) is -4.80. The van der Waals surface area contributed by atoms with Crippen LogP contribution in [-0.4, -0.2) is 31.3 Å². The van der Waals surface area contributed by atoms with Gasteiger partial charge in [-0.1, -0.05) is 26.0 Å². The first kappa shape index (κ1) is 17.4. The molecule has 0 fully saturated rings. The van der Waals surface area contributed by atoms with Crippen LogP contribution in [-0.2, 0) is 14.6 Å². The van der Waals surface area contributed by atoms with Crippen LogP contribution >= 0.6 is 0 Å². The van der Waals surface area contributed by atoms with Gasteiger partial charge in [-0.3, -0.25) is 0 Å². The third-order valence-electron chi connectivity index (χ3n) is 2.76. The summed E-state index contributed by atoms with van der Waals surface area (Å²) in [6.07, 6.45) is 0.235. The zero-order valence-electron chi connectivity index (χ0n) is 11.6. The van der Waals surface area contributed by atoms with Crippen LogP contribution in [0.1, 0.15) is 20.3 Å². The van der Waals surface area contributed by atoms with Gasteiger partial charge in [0, 0.05) is 0 Å². The Morgan fingerprint density at radius 3 is 2.33 bits per heavy atom. The highest BCUT2D eigenvalue weighted by atomic mass is 32.2. The summed E-state index contributed by atoms with van der Waals surface area (Å²) in [4.78, 5) is 10.6. The summed E-state index contributed by atoms with van der Waals surface area (Å²) in [6.45, 7) is 3.61. The fourth-order valence-corrected chi connectivity index (χ4v) is 2.70. The van der Waals surface area contributed by atoms with Gasteiger partial charge in [0.1, 0.15) is 6.04 Å². The molecule has 8 heteroatoms. The number of carboxylic acids is 1. The van der Waals surface area contributed by atoms with Crippen LogP contribution in [0.4, 0.5) is 14.5 Å². The highest BCUT2D eigenvalue weighted by molar-refractivity contribution is 7.91. The number of halogens is 2. The lowest BCUT2D eigenvalue weighted by Gasteiger charge is -2.19. The van der Waals surface area contributed by atoms with Crippen LogP contribution < -0.4 is 5.32 Å². The van der Waals surface area contributed by atoms with Crippen LogP contribution in [0.2, 0.25) is 0 Å². The number of rotatable bonds is 7. The highest BCUT2D eigenvalue weighted by Crippen LogP contribution is 2.27. The number of carbonyl (C=O) groups is 1. The summed E-state index contributed by atoms with van der Waals surface area (Å²) >= 11 is 0. The maximum absolute atomic E-state index is 12.7. The van der Waals surface area contributed by atoms with Gasteiger partial charge in [-0.15, -0.1) is 0 Å². The number of para-hydroxylation sites is 1. The highest BCUT2D eigenvalue weighted by Gasteiger charge is 2.30. The van der Waals surface area contributed by atoms with Gasteiger partial charge in [-0.05, 0) is 24.5 Å². The molecule has 1 aromatic rings. The Kier molecular flexibility index (Phi) is 5.65. The Morgan fingerprint density at radius 2 is 1.86 bits per heavy atom. The predicted octanol–water partition coefficient (Wildman–Crippen LogP) is 2.59. The van der Waals surface area contributed by atoms with Crippen molar-refractivity contribution < 1.29 is 27.1 Å². The molecule has 0 aliphatic heterocycles. The minimum Gasteiger partial charge on any atom is -0.480 e. The lowest BCUT2D eigenvalue weighted by molar-refractivity contribution is -0.138. The third kappa shape index (κ3) is 4.38. The summed E-state index contributed by atoms with van der Waals surface area (Å²) in [6, 6.07) is 3.99. The molecule has 1 unspecified atom stereocenters. The number of anilines is 1. The van der Waals surface area contributed by atoms with Crippen LogP contribution in [0.3, 0.4) is 0 Å². The molecule has 21 heavy (non-hydrogen) atoms. The van der Waals surface area contributed by atoms with Crippen molar-refractivity contribution >= 4 is 21.5 Å². The van der Waals surface area contributed by atoms with Gasteiger partial charge >= 0.3 is 11.7 Å². The molecule has 0 aromatic heterocycles. The first-order chi connectivity index (χ1) is 9.66. The van der Waals surface area contributed by atoms with Gasteiger partial charge in [-0.25, -0.2) is 13.2 Å². The third-order valence-corrected chi connectivity index (χ3v) is 4.20. The minimum atomic E-state index is -4.80. The lowest BCUT2D eigenvalue weighted by Crippen LogP contribution is -2.31. The molecular formula is C13H17F2NO4S. The number of aliphatic carboxylic acids is 1. The SMILES string of the molecule is CC(C)CC(Nc1ccccc1S(=O)(=O)C(F)F)C(=O)O. The molecule has 0 amide bonds. The number of sulfone groups is 1. The summed E-state index contributed by atoms with van der Waals surface area (Å²) in [5.74, 6) is -4.70. The topological polar surface area (TPSA) is 83.5 Å². The molecule has 0 aliphatic carbocycles. The zero-order valence-corrected chi connectivity index (χ0v) is 12.4. The number of carboxylic acid groups (broad SMARTS) is 1. The van der Waals surface area contributed by atoms with Gasteiger partial charge < -0.3 is 10.4 Å². The van der Waals surface area contributed by atoms with Gasteiger partial charge in [0.25, 0.3) is 0 Å². The van der Waals surface area contributed by atoms with Crippen molar-refractivity contribution in [2.45, 2.75) is 37.0 Å². The van der Waals surface area contributed by atoms with Crippen molar-refractivity contribution in [1.82, 2.24) is 0 Å². The van der Waals surface area contributed by atoms with Crippen LogP contribution in [0.15, 0.2) is 29.2 Å². The molecule has 0 saturated carbocycles. The van der Waals surface area contributed by atoms with E-state index in [0.717, 1.165) is 6.07 Å². The summed E-state index contributed by atoms with van der Waals surface area (Å²) in [5.41, 5.74) is -0.133. The second-order valence-corrected chi connectivity index (χ2v) is 6.85. The Morgan fingerprint density at radius 1 is 1.29 bits per heavy atom.